The fraction of sp³-hybridized carbons (Fsp3) is 0.800. The highest BCUT2D eigenvalue weighted by Gasteiger charge is 1.87. The standard InChI is InChI=1S/C5H12N2O/c1-5(8)7-4-2-3-6/h2-4,6H2,1H3,(H,7,8)/p+1. The van der Waals surface area contributed by atoms with Crippen molar-refractivity contribution < 1.29 is 10.5 Å². The van der Waals surface area contributed by atoms with Crippen LogP contribution in [-0.4, -0.2) is 19.0 Å². The Morgan fingerprint density at radius 3 is 2.75 bits per heavy atom. The number of amides is 1. The minimum Gasteiger partial charge on any atom is -0.358 e. The molecule has 0 aromatic carbocycles. The Balaban J connectivity index is 2.82. The van der Waals surface area contributed by atoms with Crippen LogP contribution in [-0.2, 0) is 4.79 Å². The number of rotatable bonds is 3. The molecule has 0 aliphatic heterocycles. The second-order valence-electron chi connectivity index (χ2n) is 1.69. The van der Waals surface area contributed by atoms with Gasteiger partial charge in [0.15, 0.2) is 0 Å². The third-order valence-corrected chi connectivity index (χ3v) is 0.801. The summed E-state index contributed by atoms with van der Waals surface area (Å²) >= 11 is 0. The first-order valence-electron chi connectivity index (χ1n) is 2.81. The maximum Gasteiger partial charge on any atom is 0.216 e. The summed E-state index contributed by atoms with van der Waals surface area (Å²) in [7, 11) is 0. The van der Waals surface area contributed by atoms with E-state index in [0.29, 0.717) is 0 Å². The summed E-state index contributed by atoms with van der Waals surface area (Å²) in [5, 5.41) is 2.67. The van der Waals surface area contributed by atoms with E-state index in [0.717, 1.165) is 19.5 Å². The molecule has 48 valence electrons. The molecule has 0 aliphatic rings. The summed E-state index contributed by atoms with van der Waals surface area (Å²) in [5.41, 5.74) is 3.63. The van der Waals surface area contributed by atoms with E-state index in [9.17, 15) is 4.79 Å². The molecule has 0 fully saturated rings. The molecular formula is C5H13N2O+. The minimum absolute atomic E-state index is 0.0402. The second kappa shape index (κ2) is 4.59. The van der Waals surface area contributed by atoms with Crippen LogP contribution in [0.15, 0.2) is 0 Å². The van der Waals surface area contributed by atoms with Gasteiger partial charge in [-0.25, -0.2) is 0 Å². The fourth-order valence-electron chi connectivity index (χ4n) is 0.389. The molecule has 0 saturated carbocycles. The predicted molar refractivity (Wildman–Crippen MR) is 31.1 cm³/mol. The molecule has 0 bridgehead atoms. The lowest BCUT2D eigenvalue weighted by molar-refractivity contribution is -0.367. The Kier molecular flexibility index (Phi) is 4.26. The van der Waals surface area contributed by atoms with Crippen molar-refractivity contribution in [1.82, 2.24) is 5.32 Å². The third-order valence-electron chi connectivity index (χ3n) is 0.801. The zero-order chi connectivity index (χ0) is 6.41. The third kappa shape index (κ3) is 5.43. The van der Waals surface area contributed by atoms with Gasteiger partial charge in [-0.2, -0.15) is 0 Å². The molecule has 0 spiro atoms. The van der Waals surface area contributed by atoms with Gasteiger partial charge in [-0.1, -0.05) is 0 Å². The van der Waals surface area contributed by atoms with Crippen molar-refractivity contribution in [2.24, 2.45) is 0 Å². The van der Waals surface area contributed by atoms with Gasteiger partial charge in [0.05, 0.1) is 6.54 Å². The van der Waals surface area contributed by atoms with Gasteiger partial charge in [0.25, 0.3) is 0 Å². The van der Waals surface area contributed by atoms with E-state index < -0.39 is 0 Å². The first-order valence-corrected chi connectivity index (χ1v) is 2.81. The van der Waals surface area contributed by atoms with Crippen LogP contribution in [0.1, 0.15) is 13.3 Å². The van der Waals surface area contributed by atoms with E-state index in [1.807, 2.05) is 0 Å². The van der Waals surface area contributed by atoms with Crippen LogP contribution in [0, 0.1) is 0 Å². The number of hydrogen-bond donors (Lipinski definition) is 2. The summed E-state index contributed by atoms with van der Waals surface area (Å²) in [4.78, 5) is 10.2. The van der Waals surface area contributed by atoms with Gasteiger partial charge in [0, 0.05) is 19.9 Å². The summed E-state index contributed by atoms with van der Waals surface area (Å²) < 4.78 is 0. The topological polar surface area (TPSA) is 56.7 Å². The van der Waals surface area contributed by atoms with E-state index in [4.69, 9.17) is 0 Å². The molecule has 0 heterocycles. The lowest BCUT2D eigenvalue weighted by Crippen LogP contribution is -2.51. The zero-order valence-corrected chi connectivity index (χ0v) is 5.24. The van der Waals surface area contributed by atoms with Crippen molar-refractivity contribution in [1.29, 1.82) is 0 Å². The highest BCUT2D eigenvalue weighted by molar-refractivity contribution is 5.72. The minimum atomic E-state index is 0.0402. The van der Waals surface area contributed by atoms with E-state index in [-0.39, 0.29) is 5.91 Å². The number of quaternary nitrogens is 1. The Morgan fingerprint density at radius 1 is 1.75 bits per heavy atom. The molecule has 0 aliphatic carbocycles. The van der Waals surface area contributed by atoms with Crippen LogP contribution in [0.2, 0.25) is 0 Å². The number of carbonyl (C=O) groups is 1. The highest BCUT2D eigenvalue weighted by atomic mass is 16.1. The molecule has 0 unspecified atom stereocenters. The monoisotopic (exact) mass is 117 g/mol. The van der Waals surface area contributed by atoms with Crippen LogP contribution in [0.4, 0.5) is 0 Å². The lowest BCUT2D eigenvalue weighted by atomic mass is 10.4. The lowest BCUT2D eigenvalue weighted by Gasteiger charge is -1.95. The maximum absolute atomic E-state index is 10.2. The van der Waals surface area contributed by atoms with Crippen LogP contribution in [0.25, 0.3) is 0 Å². The van der Waals surface area contributed by atoms with Crippen molar-refractivity contribution in [2.75, 3.05) is 13.1 Å². The van der Waals surface area contributed by atoms with Crippen molar-refractivity contribution >= 4 is 5.91 Å². The van der Waals surface area contributed by atoms with E-state index in [2.05, 4.69) is 11.1 Å². The van der Waals surface area contributed by atoms with Gasteiger partial charge in [-0.3, -0.25) is 4.79 Å². The molecule has 8 heavy (non-hydrogen) atoms. The van der Waals surface area contributed by atoms with Crippen LogP contribution in [0.5, 0.6) is 0 Å². The molecule has 0 atom stereocenters. The first kappa shape index (κ1) is 7.43. The van der Waals surface area contributed by atoms with Gasteiger partial charge < -0.3 is 11.1 Å². The summed E-state index contributed by atoms with van der Waals surface area (Å²) in [6.45, 7) is 3.17. The first-order chi connectivity index (χ1) is 3.77. The number of hydrogen-bond acceptors (Lipinski definition) is 1. The van der Waals surface area contributed by atoms with Crippen molar-refractivity contribution in [3.05, 3.63) is 0 Å². The summed E-state index contributed by atoms with van der Waals surface area (Å²) in [5.74, 6) is 0.0402. The largest absolute Gasteiger partial charge is 0.358 e. The SMILES string of the molecule is CC(=O)NCCC[NH3+]. The Bertz CT molecular complexity index is 72.8. The molecule has 3 nitrogen and oxygen atoms in total. The van der Waals surface area contributed by atoms with Gasteiger partial charge in [-0.05, 0) is 0 Å². The average Bonchev–Trinajstić information content (AvgIpc) is 1.66. The molecule has 0 saturated heterocycles. The summed E-state index contributed by atoms with van der Waals surface area (Å²) in [6.07, 6.45) is 0.972. The molecule has 1 amide bonds. The molecular weight excluding hydrogens is 104 g/mol. The van der Waals surface area contributed by atoms with E-state index in [1.165, 1.54) is 6.92 Å². The molecule has 0 aromatic heterocycles. The van der Waals surface area contributed by atoms with Gasteiger partial charge >= 0.3 is 0 Å². The van der Waals surface area contributed by atoms with Gasteiger partial charge in [-0.15, -0.1) is 0 Å². The van der Waals surface area contributed by atoms with Crippen LogP contribution in [0.3, 0.4) is 0 Å². The normalized spacial score (nSPS) is 8.75. The Hall–Kier alpha value is -0.570. The summed E-state index contributed by atoms with van der Waals surface area (Å²) in [6, 6.07) is 0. The number of nitrogens with one attached hydrogen (secondary N) is 1. The van der Waals surface area contributed by atoms with Gasteiger partial charge in [0.2, 0.25) is 5.91 Å². The highest BCUT2D eigenvalue weighted by Crippen LogP contribution is 1.66. The second-order valence-corrected chi connectivity index (χ2v) is 1.69. The molecule has 0 rings (SSSR count). The van der Waals surface area contributed by atoms with Crippen molar-refractivity contribution in [3.63, 3.8) is 0 Å². The maximum atomic E-state index is 10.2. The Morgan fingerprint density at radius 2 is 2.38 bits per heavy atom. The van der Waals surface area contributed by atoms with Crippen molar-refractivity contribution in [2.45, 2.75) is 13.3 Å². The van der Waals surface area contributed by atoms with E-state index in [1.54, 1.807) is 0 Å². The molecule has 4 N–H and O–H groups in total. The predicted octanol–water partition coefficient (Wildman–Crippen LogP) is -1.25. The quantitative estimate of drug-likeness (QED) is 0.446. The van der Waals surface area contributed by atoms with Crippen LogP contribution < -0.4 is 11.1 Å². The molecule has 0 aromatic rings. The smallest absolute Gasteiger partial charge is 0.216 e. The van der Waals surface area contributed by atoms with Gasteiger partial charge in [0.1, 0.15) is 0 Å². The average molecular weight is 117 g/mol. The fourth-order valence-corrected chi connectivity index (χ4v) is 0.389. The zero-order valence-electron chi connectivity index (χ0n) is 5.24. The Labute approximate surface area is 49.3 Å². The molecule has 0 radical (unpaired) electrons. The van der Waals surface area contributed by atoms with Crippen LogP contribution >= 0.6 is 0 Å². The number of carbonyl (C=O) groups excluding carboxylic acids is 1. The van der Waals surface area contributed by atoms with E-state index >= 15 is 0 Å². The van der Waals surface area contributed by atoms with Crippen molar-refractivity contribution in [3.8, 4) is 0 Å². The molecule has 3 heteroatoms.